The van der Waals surface area contributed by atoms with Crippen molar-refractivity contribution in [3.05, 3.63) is 21.3 Å². The summed E-state index contributed by atoms with van der Waals surface area (Å²) >= 11 is 7.25. The number of hydrogen-bond acceptors (Lipinski definition) is 3. The fourth-order valence-electron chi connectivity index (χ4n) is 1.70. The number of aliphatic hydroxyl groups excluding tert-OH is 1. The van der Waals surface area contributed by atoms with E-state index in [1.54, 1.807) is 6.07 Å². The number of guanidine groups is 1. The van der Waals surface area contributed by atoms with E-state index in [9.17, 15) is 5.11 Å². The number of aliphatic imine (C=N–C) groups is 1. The normalized spacial score (nSPS) is 12.7. The molecule has 4 nitrogen and oxygen atoms in total. The highest BCUT2D eigenvalue weighted by Crippen LogP contribution is 2.26. The Morgan fingerprint density at radius 1 is 1.33 bits per heavy atom. The maximum absolute atomic E-state index is 10.0. The molecule has 0 aliphatic carbocycles. The molecule has 1 aromatic heterocycles. The van der Waals surface area contributed by atoms with Gasteiger partial charge in [0, 0.05) is 18.0 Å². The van der Waals surface area contributed by atoms with Crippen molar-refractivity contribution in [3.63, 3.8) is 0 Å². The lowest BCUT2D eigenvalue weighted by Gasteiger charge is -2.12. The molecule has 0 aliphatic rings. The average Bonchev–Trinajstić information content (AvgIpc) is 2.87. The van der Waals surface area contributed by atoms with Crippen molar-refractivity contribution in [2.24, 2.45) is 4.99 Å². The van der Waals surface area contributed by atoms with E-state index in [4.69, 9.17) is 11.6 Å². The molecule has 0 radical (unpaired) electrons. The van der Waals surface area contributed by atoms with Crippen LogP contribution in [0.2, 0.25) is 4.34 Å². The van der Waals surface area contributed by atoms with Crippen LogP contribution in [0.1, 0.15) is 44.1 Å². The second-order valence-electron chi connectivity index (χ2n) is 4.51. The molecular formula is C14H25ClIN3OS. The smallest absolute Gasteiger partial charge is 0.191 e. The van der Waals surface area contributed by atoms with Gasteiger partial charge in [-0.05, 0) is 25.5 Å². The van der Waals surface area contributed by atoms with Crippen molar-refractivity contribution in [1.82, 2.24) is 10.6 Å². The molecule has 0 saturated heterocycles. The Morgan fingerprint density at radius 2 is 2.10 bits per heavy atom. The minimum absolute atomic E-state index is 0. The number of unbranched alkanes of at least 4 members (excludes halogenated alkanes) is 2. The van der Waals surface area contributed by atoms with Crippen LogP contribution in [-0.4, -0.2) is 30.7 Å². The molecule has 0 aliphatic heterocycles. The maximum atomic E-state index is 10.0. The molecule has 0 fully saturated rings. The van der Waals surface area contributed by atoms with Crippen molar-refractivity contribution < 1.29 is 5.11 Å². The van der Waals surface area contributed by atoms with Crippen LogP contribution in [0.15, 0.2) is 17.1 Å². The van der Waals surface area contributed by atoms with Gasteiger partial charge in [-0.15, -0.1) is 35.3 Å². The van der Waals surface area contributed by atoms with E-state index in [2.05, 4.69) is 22.5 Å². The lowest BCUT2D eigenvalue weighted by atomic mass is 10.2. The van der Waals surface area contributed by atoms with E-state index in [0.717, 1.165) is 30.3 Å². The molecule has 3 N–H and O–H groups in total. The third-order valence-electron chi connectivity index (χ3n) is 2.76. The van der Waals surface area contributed by atoms with E-state index in [1.165, 1.54) is 24.2 Å². The molecule has 122 valence electrons. The second kappa shape index (κ2) is 12.5. The van der Waals surface area contributed by atoms with E-state index in [1.807, 2.05) is 13.0 Å². The minimum atomic E-state index is -0.599. The Balaban J connectivity index is 0.00000400. The number of halogens is 2. The summed E-state index contributed by atoms with van der Waals surface area (Å²) in [6.07, 6.45) is 2.94. The number of thiophene rings is 1. The predicted molar refractivity (Wildman–Crippen MR) is 103 cm³/mol. The summed E-state index contributed by atoms with van der Waals surface area (Å²) < 4.78 is 0.688. The quantitative estimate of drug-likeness (QED) is 0.247. The number of aliphatic hydroxyl groups is 1. The van der Waals surface area contributed by atoms with E-state index >= 15 is 0 Å². The van der Waals surface area contributed by atoms with Gasteiger partial charge in [-0.1, -0.05) is 31.4 Å². The molecule has 1 rings (SSSR count). The van der Waals surface area contributed by atoms with Crippen molar-refractivity contribution >= 4 is 52.9 Å². The highest BCUT2D eigenvalue weighted by molar-refractivity contribution is 14.0. The summed E-state index contributed by atoms with van der Waals surface area (Å²) in [5, 5.41) is 16.5. The molecule has 7 heteroatoms. The average molecular weight is 446 g/mol. The molecule has 0 aromatic carbocycles. The fourth-order valence-corrected chi connectivity index (χ4v) is 2.74. The predicted octanol–water partition coefficient (Wildman–Crippen LogP) is 3.80. The van der Waals surface area contributed by atoms with Crippen LogP contribution in [0, 0.1) is 0 Å². The van der Waals surface area contributed by atoms with Gasteiger partial charge in [0.2, 0.25) is 0 Å². The summed E-state index contributed by atoms with van der Waals surface area (Å²) in [5.74, 6) is 0.755. The molecule has 1 atom stereocenters. The van der Waals surface area contributed by atoms with Crippen molar-refractivity contribution in [3.8, 4) is 0 Å². The van der Waals surface area contributed by atoms with Crippen LogP contribution in [-0.2, 0) is 0 Å². The van der Waals surface area contributed by atoms with Gasteiger partial charge in [-0.3, -0.25) is 4.99 Å². The first-order valence-corrected chi connectivity index (χ1v) is 8.32. The molecule has 0 saturated carbocycles. The van der Waals surface area contributed by atoms with Crippen LogP contribution in [0.4, 0.5) is 0 Å². The standard InChI is InChI=1S/C14H24ClN3OS.HI/c1-3-5-6-9-17-14(16-4-2)18-10-11(19)12-7-8-13(15)20-12;/h7-8,11,19H,3-6,9-10H2,1-2H3,(H2,16,17,18);1H. The van der Waals surface area contributed by atoms with Gasteiger partial charge in [0.25, 0.3) is 0 Å². The van der Waals surface area contributed by atoms with Gasteiger partial charge in [0.05, 0.1) is 10.9 Å². The molecule has 21 heavy (non-hydrogen) atoms. The van der Waals surface area contributed by atoms with Crippen molar-refractivity contribution in [1.29, 1.82) is 0 Å². The SMILES string of the molecule is CCCCCNC(=NCC(O)c1ccc(Cl)s1)NCC.I. The zero-order chi connectivity index (χ0) is 14.8. The van der Waals surface area contributed by atoms with Crippen LogP contribution in [0.5, 0.6) is 0 Å². The largest absolute Gasteiger partial charge is 0.386 e. The lowest BCUT2D eigenvalue weighted by Crippen LogP contribution is -2.38. The highest BCUT2D eigenvalue weighted by atomic mass is 127. The monoisotopic (exact) mass is 445 g/mol. The Morgan fingerprint density at radius 3 is 2.67 bits per heavy atom. The van der Waals surface area contributed by atoms with Gasteiger partial charge in [-0.25, -0.2) is 0 Å². The summed E-state index contributed by atoms with van der Waals surface area (Å²) in [7, 11) is 0. The minimum Gasteiger partial charge on any atom is -0.386 e. The van der Waals surface area contributed by atoms with Crippen LogP contribution < -0.4 is 10.6 Å². The van der Waals surface area contributed by atoms with Gasteiger partial charge in [0.15, 0.2) is 5.96 Å². The Bertz CT molecular complexity index is 415. The van der Waals surface area contributed by atoms with Gasteiger partial charge in [-0.2, -0.15) is 0 Å². The number of nitrogens with zero attached hydrogens (tertiary/aromatic N) is 1. The molecule has 0 amide bonds. The van der Waals surface area contributed by atoms with Crippen LogP contribution in [0.25, 0.3) is 0 Å². The molecule has 0 spiro atoms. The topological polar surface area (TPSA) is 56.7 Å². The fraction of sp³-hybridized carbons (Fsp3) is 0.643. The molecule has 1 aromatic rings. The van der Waals surface area contributed by atoms with Crippen LogP contribution >= 0.6 is 46.9 Å². The lowest BCUT2D eigenvalue weighted by molar-refractivity contribution is 0.191. The Kier molecular flexibility index (Phi) is 12.5. The third kappa shape index (κ3) is 8.85. The van der Waals surface area contributed by atoms with E-state index < -0.39 is 6.10 Å². The summed E-state index contributed by atoms with van der Waals surface area (Å²) in [6.45, 7) is 6.25. The van der Waals surface area contributed by atoms with Crippen molar-refractivity contribution in [2.75, 3.05) is 19.6 Å². The second-order valence-corrected chi connectivity index (χ2v) is 6.26. The molecule has 1 unspecified atom stereocenters. The summed E-state index contributed by atoms with van der Waals surface area (Å²) in [5.41, 5.74) is 0. The summed E-state index contributed by atoms with van der Waals surface area (Å²) in [6, 6.07) is 3.64. The molecular weight excluding hydrogens is 421 g/mol. The molecule has 1 heterocycles. The van der Waals surface area contributed by atoms with Gasteiger partial charge in [0.1, 0.15) is 6.10 Å². The number of hydrogen-bond donors (Lipinski definition) is 3. The van der Waals surface area contributed by atoms with E-state index in [-0.39, 0.29) is 24.0 Å². The third-order valence-corrected chi connectivity index (χ3v) is 4.09. The first kappa shape index (κ1) is 20.9. The summed E-state index contributed by atoms with van der Waals surface area (Å²) in [4.78, 5) is 5.25. The number of rotatable bonds is 8. The first-order chi connectivity index (χ1) is 9.67. The zero-order valence-corrected chi connectivity index (χ0v) is 16.5. The Labute approximate surface area is 153 Å². The Hall–Kier alpha value is -0.0500. The number of nitrogens with one attached hydrogen (secondary N) is 2. The van der Waals surface area contributed by atoms with Crippen molar-refractivity contribution in [2.45, 2.75) is 39.2 Å². The van der Waals surface area contributed by atoms with Gasteiger partial charge < -0.3 is 15.7 Å². The highest BCUT2D eigenvalue weighted by Gasteiger charge is 2.10. The maximum Gasteiger partial charge on any atom is 0.191 e. The first-order valence-electron chi connectivity index (χ1n) is 7.12. The molecule has 0 bridgehead atoms. The van der Waals surface area contributed by atoms with Gasteiger partial charge >= 0.3 is 0 Å². The van der Waals surface area contributed by atoms with E-state index in [0.29, 0.717) is 10.9 Å². The van der Waals surface area contributed by atoms with Crippen LogP contribution in [0.3, 0.4) is 0 Å². The zero-order valence-electron chi connectivity index (χ0n) is 12.6.